The van der Waals surface area contributed by atoms with Crippen molar-refractivity contribution in [2.75, 3.05) is 19.6 Å². The second-order valence-corrected chi connectivity index (χ2v) is 7.96. The fourth-order valence-corrected chi connectivity index (χ4v) is 3.63. The van der Waals surface area contributed by atoms with E-state index in [1.807, 2.05) is 11.8 Å². The number of hydrogen-bond donors (Lipinski definition) is 1. The van der Waals surface area contributed by atoms with Gasteiger partial charge in [0.1, 0.15) is 0 Å². The predicted molar refractivity (Wildman–Crippen MR) is 106 cm³/mol. The van der Waals surface area contributed by atoms with E-state index in [4.69, 9.17) is 0 Å². The summed E-state index contributed by atoms with van der Waals surface area (Å²) in [5.74, 6) is 0.851. The zero-order chi connectivity index (χ0) is 19.1. The second-order valence-electron chi connectivity index (χ2n) is 7.96. The van der Waals surface area contributed by atoms with Gasteiger partial charge < -0.3 is 10.2 Å². The summed E-state index contributed by atoms with van der Waals surface area (Å²) < 4.78 is 0. The first-order valence-corrected chi connectivity index (χ1v) is 10.1. The molecule has 0 radical (unpaired) electrons. The number of carbonyl (C=O) groups excluding carboxylic acids is 2. The number of benzene rings is 1. The maximum absolute atomic E-state index is 12.9. The third-order valence-electron chi connectivity index (χ3n) is 5.19. The minimum atomic E-state index is -0.132. The van der Waals surface area contributed by atoms with Crippen LogP contribution in [0, 0.1) is 11.8 Å². The summed E-state index contributed by atoms with van der Waals surface area (Å²) in [6, 6.07) is 8.42. The fraction of sp³-hybridized carbons (Fsp3) is 0.636. The zero-order valence-corrected chi connectivity index (χ0v) is 16.8. The number of piperidine rings is 1. The van der Waals surface area contributed by atoms with Gasteiger partial charge in [-0.1, -0.05) is 45.0 Å². The average Bonchev–Trinajstić information content (AvgIpc) is 2.64. The van der Waals surface area contributed by atoms with Crippen LogP contribution in [0.15, 0.2) is 24.3 Å². The van der Waals surface area contributed by atoms with Gasteiger partial charge >= 0.3 is 0 Å². The van der Waals surface area contributed by atoms with Crippen molar-refractivity contribution in [2.45, 2.75) is 59.3 Å². The third kappa shape index (κ3) is 5.58. The highest BCUT2D eigenvalue weighted by Crippen LogP contribution is 2.24. The minimum absolute atomic E-state index is 0.0512. The highest BCUT2D eigenvalue weighted by Gasteiger charge is 2.29. The van der Waals surface area contributed by atoms with E-state index >= 15 is 0 Å². The average molecular weight is 359 g/mol. The van der Waals surface area contributed by atoms with E-state index in [9.17, 15) is 9.59 Å². The molecule has 1 aromatic carbocycles. The highest BCUT2D eigenvalue weighted by atomic mass is 16.2. The van der Waals surface area contributed by atoms with Crippen LogP contribution in [-0.4, -0.2) is 36.3 Å². The van der Waals surface area contributed by atoms with Crippen LogP contribution >= 0.6 is 0 Å². The van der Waals surface area contributed by atoms with Crippen LogP contribution < -0.4 is 5.32 Å². The molecule has 2 rings (SSSR count). The van der Waals surface area contributed by atoms with Gasteiger partial charge in [0.25, 0.3) is 0 Å². The summed E-state index contributed by atoms with van der Waals surface area (Å²) in [5.41, 5.74) is 2.39. The number of carbonyl (C=O) groups is 2. The van der Waals surface area contributed by atoms with Gasteiger partial charge in [0.15, 0.2) is 0 Å². The van der Waals surface area contributed by atoms with Crippen molar-refractivity contribution < 1.29 is 9.59 Å². The van der Waals surface area contributed by atoms with Crippen LogP contribution in [0.3, 0.4) is 0 Å². The van der Waals surface area contributed by atoms with E-state index in [0.29, 0.717) is 19.0 Å². The first-order valence-electron chi connectivity index (χ1n) is 10.1. The van der Waals surface area contributed by atoms with Crippen LogP contribution in [0.5, 0.6) is 0 Å². The molecule has 26 heavy (non-hydrogen) atoms. The molecular formula is C22H34N2O2. The molecule has 1 unspecified atom stereocenters. The first-order chi connectivity index (χ1) is 12.4. The molecule has 0 spiro atoms. The summed E-state index contributed by atoms with van der Waals surface area (Å²) in [6.45, 7) is 10.6. The predicted octanol–water partition coefficient (Wildman–Crippen LogP) is 3.75. The Bertz CT molecular complexity index is 604. The van der Waals surface area contributed by atoms with Gasteiger partial charge in [-0.25, -0.2) is 0 Å². The summed E-state index contributed by atoms with van der Waals surface area (Å²) in [5, 5.41) is 2.97. The van der Waals surface area contributed by atoms with Crippen LogP contribution in [0.2, 0.25) is 0 Å². The molecule has 2 amide bonds. The van der Waals surface area contributed by atoms with Gasteiger partial charge in [0.05, 0.1) is 5.92 Å². The molecule has 1 aliphatic rings. The van der Waals surface area contributed by atoms with E-state index in [1.54, 1.807) is 0 Å². The lowest BCUT2D eigenvalue weighted by Gasteiger charge is -2.33. The Morgan fingerprint density at radius 1 is 1.19 bits per heavy atom. The number of amides is 2. The molecule has 0 saturated carbocycles. The van der Waals surface area contributed by atoms with E-state index in [1.165, 1.54) is 5.56 Å². The monoisotopic (exact) mass is 358 g/mol. The van der Waals surface area contributed by atoms with E-state index in [0.717, 1.165) is 37.8 Å². The maximum Gasteiger partial charge on any atom is 0.229 e. The SMILES string of the molecule is CCCNC(=O)C1CCN(C(=O)C(C)c2cccc(CC(C)C)c2)CC1. The summed E-state index contributed by atoms with van der Waals surface area (Å²) >= 11 is 0. The Labute approximate surface area is 158 Å². The number of nitrogens with zero attached hydrogens (tertiary/aromatic N) is 1. The van der Waals surface area contributed by atoms with Crippen molar-refractivity contribution in [3.8, 4) is 0 Å². The minimum Gasteiger partial charge on any atom is -0.356 e. The van der Waals surface area contributed by atoms with E-state index in [-0.39, 0.29) is 23.7 Å². The van der Waals surface area contributed by atoms with Gasteiger partial charge in [0, 0.05) is 25.6 Å². The zero-order valence-electron chi connectivity index (χ0n) is 16.8. The highest BCUT2D eigenvalue weighted by molar-refractivity contribution is 5.84. The van der Waals surface area contributed by atoms with E-state index < -0.39 is 0 Å². The molecule has 1 aromatic rings. The van der Waals surface area contributed by atoms with Crippen molar-refractivity contribution in [3.63, 3.8) is 0 Å². The molecule has 4 nitrogen and oxygen atoms in total. The normalized spacial score (nSPS) is 16.6. The Hall–Kier alpha value is -1.84. The molecule has 144 valence electrons. The molecule has 4 heteroatoms. The summed E-state index contributed by atoms with van der Waals surface area (Å²) in [4.78, 5) is 26.9. The lowest BCUT2D eigenvalue weighted by molar-refractivity contribution is -0.136. The first kappa shape index (κ1) is 20.5. The molecule has 0 bridgehead atoms. The van der Waals surface area contributed by atoms with Gasteiger partial charge in [-0.2, -0.15) is 0 Å². The Morgan fingerprint density at radius 3 is 2.50 bits per heavy atom. The Kier molecular flexibility index (Phi) is 7.67. The smallest absolute Gasteiger partial charge is 0.229 e. The quantitative estimate of drug-likeness (QED) is 0.807. The molecule has 1 saturated heterocycles. The summed E-state index contributed by atoms with van der Waals surface area (Å²) in [7, 11) is 0. The topological polar surface area (TPSA) is 49.4 Å². The van der Waals surface area contributed by atoms with Gasteiger partial charge in [-0.05, 0) is 49.7 Å². The second kappa shape index (κ2) is 9.75. The Morgan fingerprint density at radius 2 is 1.88 bits per heavy atom. The standard InChI is InChI=1S/C22H34N2O2/c1-5-11-23-21(25)19-9-12-24(13-10-19)22(26)17(4)20-8-6-7-18(15-20)14-16(2)3/h6-8,15-17,19H,5,9-14H2,1-4H3,(H,23,25). The van der Waals surface area contributed by atoms with Crippen molar-refractivity contribution >= 4 is 11.8 Å². The lowest BCUT2D eigenvalue weighted by Crippen LogP contribution is -2.44. The molecule has 1 aliphatic heterocycles. The molecule has 0 aliphatic carbocycles. The van der Waals surface area contributed by atoms with Gasteiger partial charge in [-0.15, -0.1) is 0 Å². The van der Waals surface area contributed by atoms with Crippen LogP contribution in [0.1, 0.15) is 64.0 Å². The van der Waals surface area contributed by atoms with Gasteiger partial charge in [0.2, 0.25) is 11.8 Å². The van der Waals surface area contributed by atoms with Crippen molar-refractivity contribution in [1.29, 1.82) is 0 Å². The largest absolute Gasteiger partial charge is 0.356 e. The number of hydrogen-bond acceptors (Lipinski definition) is 2. The van der Waals surface area contributed by atoms with Gasteiger partial charge in [-0.3, -0.25) is 9.59 Å². The van der Waals surface area contributed by atoms with E-state index in [2.05, 4.69) is 50.4 Å². The molecule has 1 heterocycles. The third-order valence-corrected chi connectivity index (χ3v) is 5.19. The molecule has 1 N–H and O–H groups in total. The molecule has 1 atom stereocenters. The number of nitrogens with one attached hydrogen (secondary N) is 1. The maximum atomic E-state index is 12.9. The molecule has 0 aromatic heterocycles. The Balaban J connectivity index is 1.92. The fourth-order valence-electron chi connectivity index (χ4n) is 3.63. The van der Waals surface area contributed by atoms with Crippen molar-refractivity contribution in [2.24, 2.45) is 11.8 Å². The molecule has 1 fully saturated rings. The van der Waals surface area contributed by atoms with Crippen molar-refractivity contribution in [1.82, 2.24) is 10.2 Å². The van der Waals surface area contributed by atoms with Crippen LogP contribution in [0.25, 0.3) is 0 Å². The van der Waals surface area contributed by atoms with Crippen LogP contribution in [-0.2, 0) is 16.0 Å². The molecular weight excluding hydrogens is 324 g/mol. The number of rotatable bonds is 7. The number of likely N-dealkylation sites (tertiary alicyclic amines) is 1. The van der Waals surface area contributed by atoms with Crippen LogP contribution in [0.4, 0.5) is 0 Å². The lowest BCUT2D eigenvalue weighted by atomic mass is 9.92. The van der Waals surface area contributed by atoms with Crippen molar-refractivity contribution in [3.05, 3.63) is 35.4 Å². The summed E-state index contributed by atoms with van der Waals surface area (Å²) in [6.07, 6.45) is 3.52.